The Balaban J connectivity index is 1.48. The Hall–Kier alpha value is -3.94. The zero-order valence-corrected chi connectivity index (χ0v) is 17.6. The summed E-state index contributed by atoms with van der Waals surface area (Å²) >= 11 is 0. The van der Waals surface area contributed by atoms with Crippen LogP contribution in [0.5, 0.6) is 0 Å². The largest absolute Gasteiger partial charge is 0.478 e. The maximum absolute atomic E-state index is 13.2. The van der Waals surface area contributed by atoms with Crippen LogP contribution in [-0.4, -0.2) is 48.1 Å². The maximum atomic E-state index is 13.2. The quantitative estimate of drug-likeness (QED) is 0.635. The fraction of sp³-hybridized carbons (Fsp3) is 0.208. The normalized spacial score (nSPS) is 13.7. The Kier molecular flexibility index (Phi) is 6.02. The van der Waals surface area contributed by atoms with Crippen LogP contribution in [-0.2, 0) is 0 Å². The van der Waals surface area contributed by atoms with E-state index in [1.807, 2.05) is 17.9 Å². The van der Waals surface area contributed by atoms with Gasteiger partial charge in [-0.2, -0.15) is 0 Å². The molecule has 1 aliphatic heterocycles. The van der Waals surface area contributed by atoms with Gasteiger partial charge in [-0.15, -0.1) is 0 Å². The number of pyridine rings is 1. The molecule has 1 aromatic heterocycles. The summed E-state index contributed by atoms with van der Waals surface area (Å²) < 4.78 is 13.2. The van der Waals surface area contributed by atoms with Crippen LogP contribution in [0.15, 0.2) is 60.8 Å². The number of benzene rings is 2. The van der Waals surface area contributed by atoms with Crippen molar-refractivity contribution in [1.29, 1.82) is 0 Å². The van der Waals surface area contributed by atoms with Crippen LogP contribution in [0.25, 0.3) is 0 Å². The van der Waals surface area contributed by atoms with Crippen molar-refractivity contribution >= 4 is 29.1 Å². The first-order valence-electron chi connectivity index (χ1n) is 10.3. The van der Waals surface area contributed by atoms with Gasteiger partial charge < -0.3 is 20.2 Å². The van der Waals surface area contributed by atoms with Crippen LogP contribution < -0.4 is 15.1 Å². The number of carboxylic acid groups (broad SMARTS) is 1. The summed E-state index contributed by atoms with van der Waals surface area (Å²) in [6.45, 7) is 4.33. The van der Waals surface area contributed by atoms with Gasteiger partial charge in [0.1, 0.15) is 17.2 Å². The molecule has 0 saturated carbocycles. The minimum absolute atomic E-state index is 0.0299. The van der Waals surface area contributed by atoms with E-state index in [0.29, 0.717) is 43.2 Å². The van der Waals surface area contributed by atoms with Crippen molar-refractivity contribution < 1.29 is 19.1 Å². The summed E-state index contributed by atoms with van der Waals surface area (Å²) in [6, 6.07) is 14.9. The molecule has 0 bridgehead atoms. The smallest absolute Gasteiger partial charge is 0.339 e. The first-order valence-corrected chi connectivity index (χ1v) is 10.3. The highest BCUT2D eigenvalue weighted by Gasteiger charge is 2.23. The van der Waals surface area contributed by atoms with E-state index in [4.69, 9.17) is 0 Å². The Labute approximate surface area is 185 Å². The van der Waals surface area contributed by atoms with Crippen molar-refractivity contribution in [3.63, 3.8) is 0 Å². The second kappa shape index (κ2) is 9.05. The number of aromatic carboxylic acids is 1. The standard InChI is InChI=1S/C24H23FN4O3/c1-16-3-2-4-17(13-16)23(30)27-19-14-21(24(31)32)22(26-15-19)29-11-9-28(10-12-29)20-7-5-18(25)6-8-20/h2-8,13-15H,9-12H2,1H3,(H,27,30)(H,31,32). The first kappa shape index (κ1) is 21.3. The maximum Gasteiger partial charge on any atom is 0.339 e. The SMILES string of the molecule is Cc1cccc(C(=O)Nc2cnc(N3CCN(c4ccc(F)cc4)CC3)c(C(=O)O)c2)c1. The molecule has 1 amide bonds. The highest BCUT2D eigenvalue weighted by atomic mass is 19.1. The Morgan fingerprint density at radius 2 is 1.69 bits per heavy atom. The number of aryl methyl sites for hydroxylation is 1. The van der Waals surface area contributed by atoms with Gasteiger partial charge in [0, 0.05) is 37.4 Å². The molecule has 0 radical (unpaired) electrons. The van der Waals surface area contributed by atoms with Crippen LogP contribution in [0.4, 0.5) is 21.6 Å². The average Bonchev–Trinajstić information content (AvgIpc) is 2.80. The molecule has 7 nitrogen and oxygen atoms in total. The molecule has 1 aliphatic rings. The van der Waals surface area contributed by atoms with E-state index in [2.05, 4.69) is 15.2 Å². The molecule has 32 heavy (non-hydrogen) atoms. The number of carbonyl (C=O) groups excluding carboxylic acids is 1. The summed E-state index contributed by atoms with van der Waals surface area (Å²) in [5.74, 6) is -1.35. The van der Waals surface area contributed by atoms with Gasteiger partial charge in [-0.3, -0.25) is 4.79 Å². The second-order valence-corrected chi connectivity index (χ2v) is 7.67. The van der Waals surface area contributed by atoms with Gasteiger partial charge in [0.25, 0.3) is 5.91 Å². The molecule has 1 fully saturated rings. The number of halogens is 1. The topological polar surface area (TPSA) is 85.8 Å². The zero-order chi connectivity index (χ0) is 22.7. The molecular weight excluding hydrogens is 411 g/mol. The molecule has 164 valence electrons. The van der Waals surface area contributed by atoms with Crippen LogP contribution in [0.1, 0.15) is 26.3 Å². The lowest BCUT2D eigenvalue weighted by molar-refractivity contribution is 0.0696. The molecule has 2 aromatic carbocycles. The van der Waals surface area contributed by atoms with Crippen molar-refractivity contribution in [2.45, 2.75) is 6.92 Å². The Morgan fingerprint density at radius 3 is 2.34 bits per heavy atom. The number of nitrogens with one attached hydrogen (secondary N) is 1. The molecule has 1 saturated heterocycles. The van der Waals surface area contributed by atoms with Gasteiger partial charge in [-0.1, -0.05) is 17.7 Å². The molecule has 8 heteroatoms. The molecule has 0 spiro atoms. The van der Waals surface area contributed by atoms with Gasteiger partial charge >= 0.3 is 5.97 Å². The fourth-order valence-electron chi connectivity index (χ4n) is 3.75. The fourth-order valence-corrected chi connectivity index (χ4v) is 3.75. The third-order valence-corrected chi connectivity index (χ3v) is 5.41. The summed E-state index contributed by atoms with van der Waals surface area (Å²) in [6.07, 6.45) is 1.47. The molecule has 0 atom stereocenters. The molecular formula is C24H23FN4O3. The lowest BCUT2D eigenvalue weighted by Gasteiger charge is -2.37. The third-order valence-electron chi connectivity index (χ3n) is 5.41. The van der Waals surface area contributed by atoms with E-state index in [1.165, 1.54) is 24.4 Å². The molecule has 0 unspecified atom stereocenters. The summed E-state index contributed by atoms with van der Waals surface area (Å²) in [5, 5.41) is 12.5. The van der Waals surface area contributed by atoms with Gasteiger partial charge in [0.15, 0.2) is 0 Å². The predicted octanol–water partition coefficient (Wildman–Crippen LogP) is 3.81. The van der Waals surface area contributed by atoms with E-state index in [-0.39, 0.29) is 17.3 Å². The number of hydrogen-bond donors (Lipinski definition) is 2. The number of hydrogen-bond acceptors (Lipinski definition) is 5. The highest BCUT2D eigenvalue weighted by molar-refractivity contribution is 6.05. The first-order chi connectivity index (χ1) is 15.4. The van der Waals surface area contributed by atoms with E-state index in [0.717, 1.165) is 11.3 Å². The van der Waals surface area contributed by atoms with Crippen molar-refractivity contribution in [3.05, 3.63) is 83.3 Å². The molecule has 2 heterocycles. The lowest BCUT2D eigenvalue weighted by Crippen LogP contribution is -2.47. The van der Waals surface area contributed by atoms with Gasteiger partial charge in [-0.25, -0.2) is 14.2 Å². The number of rotatable bonds is 5. The monoisotopic (exact) mass is 434 g/mol. The van der Waals surface area contributed by atoms with Crippen molar-refractivity contribution in [2.24, 2.45) is 0 Å². The Bertz CT molecular complexity index is 1140. The third kappa shape index (κ3) is 4.69. The minimum Gasteiger partial charge on any atom is -0.478 e. The number of nitrogens with zero attached hydrogens (tertiary/aromatic N) is 3. The highest BCUT2D eigenvalue weighted by Crippen LogP contribution is 2.25. The number of aromatic nitrogens is 1. The number of anilines is 3. The lowest BCUT2D eigenvalue weighted by atomic mass is 10.1. The van der Waals surface area contributed by atoms with E-state index < -0.39 is 5.97 Å². The molecule has 0 aliphatic carbocycles. The van der Waals surface area contributed by atoms with Crippen LogP contribution >= 0.6 is 0 Å². The van der Waals surface area contributed by atoms with E-state index in [9.17, 15) is 19.1 Å². The average molecular weight is 434 g/mol. The summed E-state index contributed by atoms with van der Waals surface area (Å²) in [7, 11) is 0. The molecule has 3 aromatic rings. The number of carbonyl (C=O) groups is 2. The van der Waals surface area contributed by atoms with Crippen LogP contribution in [0, 0.1) is 12.7 Å². The number of piperazine rings is 1. The predicted molar refractivity (Wildman–Crippen MR) is 121 cm³/mol. The minimum atomic E-state index is -1.11. The van der Waals surface area contributed by atoms with Crippen LogP contribution in [0.2, 0.25) is 0 Å². The van der Waals surface area contributed by atoms with Crippen molar-refractivity contribution in [2.75, 3.05) is 41.3 Å². The van der Waals surface area contributed by atoms with Crippen molar-refractivity contribution in [1.82, 2.24) is 4.98 Å². The Morgan fingerprint density at radius 1 is 1.00 bits per heavy atom. The summed E-state index contributed by atoms with van der Waals surface area (Å²) in [5.41, 5.74) is 2.72. The van der Waals surface area contributed by atoms with Crippen molar-refractivity contribution in [3.8, 4) is 0 Å². The van der Waals surface area contributed by atoms with E-state index in [1.54, 1.807) is 30.3 Å². The van der Waals surface area contributed by atoms with Gasteiger partial charge in [-0.05, 0) is 49.4 Å². The summed E-state index contributed by atoms with van der Waals surface area (Å²) in [4.78, 5) is 32.8. The molecule has 4 rings (SSSR count). The number of amides is 1. The van der Waals surface area contributed by atoms with Gasteiger partial charge in [0.2, 0.25) is 0 Å². The van der Waals surface area contributed by atoms with Crippen LogP contribution in [0.3, 0.4) is 0 Å². The molecule has 2 N–H and O–H groups in total. The zero-order valence-electron chi connectivity index (χ0n) is 17.6. The second-order valence-electron chi connectivity index (χ2n) is 7.67. The number of carboxylic acids is 1. The van der Waals surface area contributed by atoms with Gasteiger partial charge in [0.05, 0.1) is 11.9 Å². The van der Waals surface area contributed by atoms with E-state index >= 15 is 0 Å².